The average Bonchev–Trinajstić information content (AvgIpc) is 3.21. The van der Waals surface area contributed by atoms with Crippen molar-refractivity contribution in [1.29, 1.82) is 0 Å². The van der Waals surface area contributed by atoms with E-state index in [0.29, 0.717) is 5.75 Å². The van der Waals surface area contributed by atoms with E-state index >= 15 is 0 Å². The molecule has 2 aromatic heterocycles. The molecule has 0 spiro atoms. The Morgan fingerprint density at radius 3 is 2.24 bits per heavy atom. The molecule has 2 heterocycles. The second-order valence-electron chi connectivity index (χ2n) is 4.17. The molecular formula is C12H13N6O2P. The van der Waals surface area contributed by atoms with Gasteiger partial charge in [-0.05, 0) is 18.1 Å². The summed E-state index contributed by atoms with van der Waals surface area (Å²) in [4.78, 5) is 7.64. The molecule has 0 saturated heterocycles. The lowest BCUT2D eigenvalue weighted by Crippen LogP contribution is -2.13. The van der Waals surface area contributed by atoms with E-state index < -0.39 is 7.67 Å². The summed E-state index contributed by atoms with van der Waals surface area (Å²) in [5.74, 6) is 0.523. The third-order valence-electron chi connectivity index (χ3n) is 2.90. The summed E-state index contributed by atoms with van der Waals surface area (Å²) in [5, 5.41) is 7.85. The molecule has 0 fully saturated rings. The number of hydrogen-bond donors (Lipinski definition) is 0. The number of benzene rings is 1. The van der Waals surface area contributed by atoms with Gasteiger partial charge in [0.25, 0.3) is 0 Å². The lowest BCUT2D eigenvalue weighted by atomic mass is 10.1. The molecule has 108 valence electrons. The van der Waals surface area contributed by atoms with Crippen molar-refractivity contribution in [2.75, 3.05) is 0 Å². The van der Waals surface area contributed by atoms with Crippen LogP contribution in [0.15, 0.2) is 49.6 Å². The van der Waals surface area contributed by atoms with Crippen LogP contribution >= 0.6 is 7.67 Å². The zero-order chi connectivity index (χ0) is 14.7. The molecule has 8 nitrogen and oxygen atoms in total. The first-order chi connectivity index (χ1) is 10.2. The lowest BCUT2D eigenvalue weighted by molar-refractivity contribution is 0.444. The summed E-state index contributed by atoms with van der Waals surface area (Å²) in [6.07, 6.45) is 6.00. The van der Waals surface area contributed by atoms with Crippen LogP contribution in [0.1, 0.15) is 12.5 Å². The van der Waals surface area contributed by atoms with E-state index in [4.69, 9.17) is 4.52 Å². The summed E-state index contributed by atoms with van der Waals surface area (Å²) in [6, 6.07) is 7.41. The Balaban J connectivity index is 2.08. The zero-order valence-electron chi connectivity index (χ0n) is 11.3. The maximum Gasteiger partial charge on any atom is 0.491 e. The van der Waals surface area contributed by atoms with Crippen LogP contribution in [0.4, 0.5) is 0 Å². The molecule has 1 aromatic carbocycles. The Morgan fingerprint density at radius 2 is 1.71 bits per heavy atom. The standard InChI is InChI=1S/C12H13N6O2P/c1-2-11-5-3-4-6-12(11)20-21(19,17-9-13-7-15-17)18-10-14-8-16-18/h3-10H,2H2,1H3. The van der Waals surface area contributed by atoms with Gasteiger partial charge in [0.05, 0.1) is 0 Å². The summed E-state index contributed by atoms with van der Waals surface area (Å²) in [7, 11) is -3.60. The SMILES string of the molecule is CCc1ccccc1OP(=O)(n1cncn1)n1cncn1. The van der Waals surface area contributed by atoms with E-state index in [1.165, 1.54) is 25.3 Å². The molecule has 0 radical (unpaired) electrons. The molecule has 0 saturated carbocycles. The molecule has 3 rings (SSSR count). The smallest absolute Gasteiger partial charge is 0.411 e. The van der Waals surface area contributed by atoms with Gasteiger partial charge in [-0.1, -0.05) is 25.1 Å². The van der Waals surface area contributed by atoms with Crippen LogP contribution in [0.2, 0.25) is 0 Å². The summed E-state index contributed by atoms with van der Waals surface area (Å²) in [5.41, 5.74) is 0.943. The molecule has 0 amide bonds. The molecule has 0 aliphatic rings. The van der Waals surface area contributed by atoms with Crippen LogP contribution in [0, 0.1) is 0 Å². The topological polar surface area (TPSA) is 87.7 Å². The number of rotatable bonds is 5. The van der Waals surface area contributed by atoms with Gasteiger partial charge in [0.2, 0.25) is 0 Å². The van der Waals surface area contributed by atoms with Gasteiger partial charge in [-0.2, -0.15) is 0 Å². The number of aryl methyl sites for hydroxylation is 1. The Bertz CT molecular complexity index is 718. The maximum absolute atomic E-state index is 13.3. The minimum Gasteiger partial charge on any atom is -0.411 e. The molecule has 0 aliphatic heterocycles. The molecule has 0 N–H and O–H groups in total. The highest BCUT2D eigenvalue weighted by molar-refractivity contribution is 7.55. The van der Waals surface area contributed by atoms with Crippen molar-refractivity contribution in [3.05, 3.63) is 55.1 Å². The predicted molar refractivity (Wildman–Crippen MR) is 74.9 cm³/mol. The van der Waals surface area contributed by atoms with Crippen molar-refractivity contribution in [2.24, 2.45) is 0 Å². The lowest BCUT2D eigenvalue weighted by Gasteiger charge is -2.19. The van der Waals surface area contributed by atoms with Gasteiger partial charge >= 0.3 is 7.67 Å². The first kappa shape index (κ1) is 13.5. The van der Waals surface area contributed by atoms with Crippen molar-refractivity contribution in [2.45, 2.75) is 13.3 Å². The van der Waals surface area contributed by atoms with Gasteiger partial charge in [0.15, 0.2) is 0 Å². The Kier molecular flexibility index (Phi) is 3.53. The van der Waals surface area contributed by atoms with E-state index in [-0.39, 0.29) is 0 Å². The quantitative estimate of drug-likeness (QED) is 0.670. The van der Waals surface area contributed by atoms with Crippen molar-refractivity contribution in [3.63, 3.8) is 0 Å². The zero-order valence-corrected chi connectivity index (χ0v) is 12.2. The largest absolute Gasteiger partial charge is 0.491 e. The number of nitrogens with zero attached hydrogens (tertiary/aromatic N) is 6. The first-order valence-electron chi connectivity index (χ1n) is 6.32. The Hall–Kier alpha value is -2.47. The molecule has 0 aliphatic carbocycles. The minimum absolute atomic E-state index is 0.523. The van der Waals surface area contributed by atoms with Crippen molar-refractivity contribution < 1.29 is 9.09 Å². The maximum atomic E-state index is 13.3. The Labute approximate surface area is 121 Å². The number of aromatic nitrogens is 6. The highest BCUT2D eigenvalue weighted by Gasteiger charge is 2.33. The van der Waals surface area contributed by atoms with Crippen molar-refractivity contribution in [1.82, 2.24) is 29.1 Å². The summed E-state index contributed by atoms with van der Waals surface area (Å²) >= 11 is 0. The van der Waals surface area contributed by atoms with E-state index in [9.17, 15) is 4.57 Å². The average molecular weight is 304 g/mol. The number of hydrogen-bond acceptors (Lipinski definition) is 6. The van der Waals surface area contributed by atoms with Crippen LogP contribution in [-0.2, 0) is 11.0 Å². The highest BCUT2D eigenvalue weighted by atomic mass is 31.2. The minimum atomic E-state index is -3.60. The molecule has 0 unspecified atom stereocenters. The van der Waals surface area contributed by atoms with Gasteiger partial charge in [-0.25, -0.2) is 14.5 Å². The van der Waals surface area contributed by atoms with Gasteiger partial charge < -0.3 is 4.52 Å². The fourth-order valence-corrected chi connectivity index (χ4v) is 3.38. The molecule has 3 aromatic rings. The second kappa shape index (κ2) is 5.49. The Morgan fingerprint density at radius 1 is 1.10 bits per heavy atom. The van der Waals surface area contributed by atoms with Crippen LogP contribution < -0.4 is 4.52 Å². The molecule has 9 heteroatoms. The van der Waals surface area contributed by atoms with Crippen LogP contribution in [0.3, 0.4) is 0 Å². The van der Waals surface area contributed by atoms with Gasteiger partial charge in [-0.3, -0.25) is 0 Å². The highest BCUT2D eigenvalue weighted by Crippen LogP contribution is 2.48. The molecule has 21 heavy (non-hydrogen) atoms. The van der Waals surface area contributed by atoms with Crippen molar-refractivity contribution >= 4 is 7.67 Å². The van der Waals surface area contributed by atoms with E-state index in [1.807, 2.05) is 25.1 Å². The van der Waals surface area contributed by atoms with Crippen molar-refractivity contribution in [3.8, 4) is 5.75 Å². The predicted octanol–water partition coefficient (Wildman–Crippen LogP) is 2.02. The third kappa shape index (κ3) is 2.45. The van der Waals surface area contributed by atoms with Gasteiger partial charge in [-0.15, -0.1) is 19.1 Å². The first-order valence-corrected chi connectivity index (χ1v) is 7.85. The third-order valence-corrected chi connectivity index (χ3v) is 4.79. The second-order valence-corrected chi connectivity index (χ2v) is 6.16. The summed E-state index contributed by atoms with van der Waals surface area (Å²) in [6.45, 7) is 2.00. The molecule has 0 atom stereocenters. The van der Waals surface area contributed by atoms with Gasteiger partial charge in [0.1, 0.15) is 31.1 Å². The van der Waals surface area contributed by atoms with Crippen LogP contribution in [0.25, 0.3) is 0 Å². The fourth-order valence-electron chi connectivity index (χ4n) is 1.86. The van der Waals surface area contributed by atoms with Gasteiger partial charge in [0, 0.05) is 0 Å². The van der Waals surface area contributed by atoms with Crippen LogP contribution in [-0.4, -0.2) is 29.1 Å². The summed E-state index contributed by atoms with van der Waals surface area (Å²) < 4.78 is 21.4. The van der Waals surface area contributed by atoms with E-state index in [0.717, 1.165) is 20.9 Å². The van der Waals surface area contributed by atoms with Crippen LogP contribution in [0.5, 0.6) is 5.75 Å². The molecule has 0 bridgehead atoms. The van der Waals surface area contributed by atoms with E-state index in [2.05, 4.69) is 20.2 Å². The normalized spacial score (nSPS) is 11.5. The monoisotopic (exact) mass is 304 g/mol. The number of para-hydroxylation sites is 1. The molecular weight excluding hydrogens is 291 g/mol. The fraction of sp³-hybridized carbons (Fsp3) is 0.167. The van der Waals surface area contributed by atoms with E-state index in [1.54, 1.807) is 6.07 Å².